The van der Waals surface area contributed by atoms with Crippen molar-refractivity contribution in [3.63, 3.8) is 0 Å². The number of nitrogens with one attached hydrogen (secondary N) is 1. The van der Waals surface area contributed by atoms with Gasteiger partial charge in [-0.3, -0.25) is 0 Å². The summed E-state index contributed by atoms with van der Waals surface area (Å²) in [6.45, 7) is 7.85. The van der Waals surface area contributed by atoms with E-state index >= 15 is 0 Å². The van der Waals surface area contributed by atoms with Gasteiger partial charge in [0.25, 0.3) is 0 Å². The van der Waals surface area contributed by atoms with E-state index in [1.807, 2.05) is 0 Å². The predicted molar refractivity (Wildman–Crippen MR) is 85.6 cm³/mol. The molecule has 0 radical (unpaired) electrons. The van der Waals surface area contributed by atoms with Crippen LogP contribution >= 0.6 is 0 Å². The van der Waals surface area contributed by atoms with Crippen LogP contribution in [0.1, 0.15) is 91.4 Å². The zero-order valence-corrected chi connectivity index (χ0v) is 13.6. The smallest absolute Gasteiger partial charge is 0.0556 e. The zero-order chi connectivity index (χ0) is 14.4. The van der Waals surface area contributed by atoms with Crippen molar-refractivity contribution in [1.29, 1.82) is 0 Å². The number of unbranched alkanes of at least 4 members (excludes halogenated alkanes) is 7. The van der Waals surface area contributed by atoms with E-state index in [1.165, 1.54) is 70.6 Å². The Balaban J connectivity index is 3.88. The molecule has 0 fully saturated rings. The Morgan fingerprint density at radius 3 is 1.74 bits per heavy atom. The lowest BCUT2D eigenvalue weighted by molar-refractivity contribution is 0.236. The van der Waals surface area contributed by atoms with Gasteiger partial charge in [-0.15, -0.1) is 0 Å². The van der Waals surface area contributed by atoms with Crippen LogP contribution in [0.5, 0.6) is 0 Å². The number of hydrogen-bond donors (Lipinski definition) is 2. The average Bonchev–Trinajstić information content (AvgIpc) is 2.41. The molecule has 1 unspecified atom stereocenters. The second-order valence-corrected chi connectivity index (χ2v) is 6.19. The summed E-state index contributed by atoms with van der Waals surface area (Å²) in [6, 6.07) is 0. The Bertz CT molecular complexity index is 184. The van der Waals surface area contributed by atoms with Crippen molar-refractivity contribution in [3.05, 3.63) is 0 Å². The molecule has 0 aliphatic rings. The van der Waals surface area contributed by atoms with E-state index in [-0.39, 0.29) is 12.1 Å². The Hall–Kier alpha value is -0.0800. The highest BCUT2D eigenvalue weighted by Crippen LogP contribution is 2.22. The Morgan fingerprint density at radius 1 is 0.789 bits per heavy atom. The summed E-state index contributed by atoms with van der Waals surface area (Å²) in [5, 5.41) is 12.6. The van der Waals surface area contributed by atoms with Crippen LogP contribution in [0, 0.1) is 0 Å². The third-order valence-corrected chi connectivity index (χ3v) is 4.08. The monoisotopic (exact) mass is 271 g/mol. The summed E-state index contributed by atoms with van der Waals surface area (Å²) >= 11 is 0. The van der Waals surface area contributed by atoms with Crippen molar-refractivity contribution in [2.45, 2.75) is 96.9 Å². The van der Waals surface area contributed by atoms with E-state index in [0.29, 0.717) is 0 Å². The standard InChI is InChI=1S/C17H37NO/c1-4-6-8-10-12-14-17(3,18-15-16-19)13-11-9-7-5-2/h18-19H,4-16H2,1-3H3. The third kappa shape index (κ3) is 11.4. The minimum Gasteiger partial charge on any atom is -0.395 e. The van der Waals surface area contributed by atoms with Gasteiger partial charge in [0.05, 0.1) is 6.61 Å². The van der Waals surface area contributed by atoms with Crippen molar-refractivity contribution in [1.82, 2.24) is 5.32 Å². The first-order chi connectivity index (χ1) is 9.18. The van der Waals surface area contributed by atoms with Gasteiger partial charge < -0.3 is 10.4 Å². The molecule has 0 aromatic heterocycles. The molecule has 0 heterocycles. The summed E-state index contributed by atoms with van der Waals surface area (Å²) in [5.74, 6) is 0. The van der Waals surface area contributed by atoms with Crippen LogP contribution < -0.4 is 5.32 Å². The summed E-state index contributed by atoms with van der Waals surface area (Å²) in [7, 11) is 0. The van der Waals surface area contributed by atoms with Crippen LogP contribution in [0.15, 0.2) is 0 Å². The van der Waals surface area contributed by atoms with E-state index in [1.54, 1.807) is 0 Å². The number of rotatable bonds is 14. The molecular formula is C17H37NO. The molecule has 116 valence electrons. The van der Waals surface area contributed by atoms with Crippen molar-refractivity contribution in [2.75, 3.05) is 13.2 Å². The SMILES string of the molecule is CCCCCCCC(C)(CCCCCC)NCCO. The minimum atomic E-state index is 0.239. The van der Waals surface area contributed by atoms with Gasteiger partial charge in [-0.2, -0.15) is 0 Å². The van der Waals surface area contributed by atoms with E-state index < -0.39 is 0 Å². The Morgan fingerprint density at radius 2 is 1.26 bits per heavy atom. The maximum Gasteiger partial charge on any atom is 0.0556 e. The second kappa shape index (κ2) is 12.9. The molecule has 0 amide bonds. The first-order valence-corrected chi connectivity index (χ1v) is 8.54. The van der Waals surface area contributed by atoms with Crippen LogP contribution in [0.25, 0.3) is 0 Å². The molecule has 0 spiro atoms. The lowest BCUT2D eigenvalue weighted by Gasteiger charge is -2.31. The Labute approximate surface area is 121 Å². The molecule has 0 bridgehead atoms. The minimum absolute atomic E-state index is 0.239. The molecule has 19 heavy (non-hydrogen) atoms. The van der Waals surface area contributed by atoms with Gasteiger partial charge in [0.1, 0.15) is 0 Å². The van der Waals surface area contributed by atoms with Crippen LogP contribution in [-0.2, 0) is 0 Å². The molecule has 0 aliphatic carbocycles. The molecule has 0 aromatic carbocycles. The van der Waals surface area contributed by atoms with Gasteiger partial charge >= 0.3 is 0 Å². The first-order valence-electron chi connectivity index (χ1n) is 8.54. The molecular weight excluding hydrogens is 234 g/mol. The highest BCUT2D eigenvalue weighted by Gasteiger charge is 2.21. The van der Waals surface area contributed by atoms with Gasteiger partial charge in [0, 0.05) is 12.1 Å². The molecule has 2 N–H and O–H groups in total. The number of aliphatic hydroxyl groups is 1. The largest absolute Gasteiger partial charge is 0.395 e. The van der Waals surface area contributed by atoms with Crippen LogP contribution in [-0.4, -0.2) is 23.8 Å². The highest BCUT2D eigenvalue weighted by molar-refractivity contribution is 4.82. The third-order valence-electron chi connectivity index (χ3n) is 4.08. The van der Waals surface area contributed by atoms with Crippen molar-refractivity contribution in [3.8, 4) is 0 Å². The maximum absolute atomic E-state index is 9.02. The molecule has 0 saturated carbocycles. The van der Waals surface area contributed by atoms with E-state index in [2.05, 4.69) is 26.1 Å². The predicted octanol–water partition coefficient (Wildman–Crippen LogP) is 4.66. The first kappa shape index (κ1) is 18.9. The van der Waals surface area contributed by atoms with E-state index in [0.717, 1.165) is 6.54 Å². The second-order valence-electron chi connectivity index (χ2n) is 6.19. The van der Waals surface area contributed by atoms with Crippen LogP contribution in [0.2, 0.25) is 0 Å². The van der Waals surface area contributed by atoms with Crippen molar-refractivity contribution >= 4 is 0 Å². The van der Waals surface area contributed by atoms with Crippen molar-refractivity contribution in [2.24, 2.45) is 0 Å². The van der Waals surface area contributed by atoms with Crippen LogP contribution in [0.4, 0.5) is 0 Å². The topological polar surface area (TPSA) is 32.3 Å². The Kier molecular flexibility index (Phi) is 12.9. The summed E-state index contributed by atoms with van der Waals surface area (Å²) < 4.78 is 0. The fourth-order valence-electron chi connectivity index (χ4n) is 2.72. The molecule has 1 atom stereocenters. The molecule has 2 heteroatoms. The number of hydrogen-bond acceptors (Lipinski definition) is 2. The normalized spacial score (nSPS) is 14.5. The van der Waals surface area contributed by atoms with E-state index in [4.69, 9.17) is 5.11 Å². The number of aliphatic hydroxyl groups excluding tert-OH is 1. The number of β-amino-alcohol motifs (C(OH)–C–C–N with tert-alkyl or cyclic N) is 1. The van der Waals surface area contributed by atoms with E-state index in [9.17, 15) is 0 Å². The molecule has 0 saturated heterocycles. The maximum atomic E-state index is 9.02. The summed E-state index contributed by atoms with van der Waals surface area (Å²) in [5.41, 5.74) is 0.239. The molecule has 0 aliphatic heterocycles. The van der Waals surface area contributed by atoms with Crippen LogP contribution in [0.3, 0.4) is 0 Å². The van der Waals surface area contributed by atoms with Gasteiger partial charge in [-0.1, -0.05) is 71.6 Å². The van der Waals surface area contributed by atoms with Gasteiger partial charge in [-0.25, -0.2) is 0 Å². The summed E-state index contributed by atoms with van der Waals surface area (Å²) in [4.78, 5) is 0. The molecule has 0 rings (SSSR count). The van der Waals surface area contributed by atoms with Gasteiger partial charge in [0.15, 0.2) is 0 Å². The molecule has 0 aromatic rings. The lowest BCUT2D eigenvalue weighted by atomic mass is 9.88. The van der Waals surface area contributed by atoms with Gasteiger partial charge in [0.2, 0.25) is 0 Å². The fraction of sp³-hybridized carbons (Fsp3) is 1.00. The van der Waals surface area contributed by atoms with Gasteiger partial charge in [-0.05, 0) is 19.8 Å². The molecule has 2 nitrogen and oxygen atoms in total. The highest BCUT2D eigenvalue weighted by atomic mass is 16.3. The zero-order valence-electron chi connectivity index (χ0n) is 13.6. The summed E-state index contributed by atoms with van der Waals surface area (Å²) in [6.07, 6.45) is 14.6. The lowest BCUT2D eigenvalue weighted by Crippen LogP contribution is -2.43. The average molecular weight is 271 g/mol. The van der Waals surface area contributed by atoms with Crippen molar-refractivity contribution < 1.29 is 5.11 Å². The fourth-order valence-corrected chi connectivity index (χ4v) is 2.72. The quantitative estimate of drug-likeness (QED) is 0.450.